The van der Waals surface area contributed by atoms with Gasteiger partial charge in [-0.2, -0.15) is 0 Å². The molecule has 0 spiro atoms. The van der Waals surface area contributed by atoms with Gasteiger partial charge in [0.2, 0.25) is 0 Å². The molecule has 1 unspecified atom stereocenters. The number of carboxylic acid groups (broad SMARTS) is 1. The van der Waals surface area contributed by atoms with E-state index in [-0.39, 0.29) is 18.4 Å². The number of carbonyl (C=O) groups is 2. The molecule has 17 heavy (non-hydrogen) atoms. The van der Waals surface area contributed by atoms with Crippen LogP contribution >= 0.6 is 0 Å². The molecule has 0 aromatic carbocycles. The van der Waals surface area contributed by atoms with E-state index >= 15 is 0 Å². The fourth-order valence-corrected chi connectivity index (χ4v) is 1.47. The first-order valence-corrected chi connectivity index (χ1v) is 5.72. The second-order valence-electron chi connectivity index (χ2n) is 5.50. The van der Waals surface area contributed by atoms with Gasteiger partial charge in [0.25, 0.3) is 0 Å². The molecule has 0 bridgehead atoms. The molecule has 5 nitrogen and oxygen atoms in total. The molecule has 1 atom stereocenters. The standard InChI is InChI=1S/C12H23NO4/c1-8(2)9(7-10(14)15)13(6)11(16)17-12(3,4)5/h8-9H,7H2,1-6H3,(H,14,15). The molecule has 0 rings (SSSR count). The third-order valence-electron chi connectivity index (χ3n) is 2.33. The number of hydrogen-bond donors (Lipinski definition) is 1. The lowest BCUT2D eigenvalue weighted by Crippen LogP contribution is -2.44. The molecule has 0 aliphatic heterocycles. The van der Waals surface area contributed by atoms with Crippen LogP contribution in [0.3, 0.4) is 0 Å². The normalized spacial score (nSPS) is 13.4. The molecule has 0 heterocycles. The number of hydrogen-bond acceptors (Lipinski definition) is 3. The van der Waals surface area contributed by atoms with Crippen molar-refractivity contribution >= 4 is 12.1 Å². The summed E-state index contributed by atoms with van der Waals surface area (Å²) in [5.41, 5.74) is -0.573. The second-order valence-corrected chi connectivity index (χ2v) is 5.50. The van der Waals surface area contributed by atoms with E-state index in [0.717, 1.165) is 0 Å². The molecule has 5 heteroatoms. The number of carbonyl (C=O) groups excluding carboxylic acids is 1. The van der Waals surface area contributed by atoms with Crippen LogP contribution in [0.1, 0.15) is 41.0 Å². The Morgan fingerprint density at radius 3 is 2.06 bits per heavy atom. The van der Waals surface area contributed by atoms with Gasteiger partial charge in [0, 0.05) is 13.1 Å². The number of ether oxygens (including phenoxy) is 1. The van der Waals surface area contributed by atoms with E-state index < -0.39 is 17.7 Å². The largest absolute Gasteiger partial charge is 0.481 e. The third kappa shape index (κ3) is 6.14. The van der Waals surface area contributed by atoms with E-state index in [1.807, 2.05) is 13.8 Å². The highest BCUT2D eigenvalue weighted by Crippen LogP contribution is 2.17. The Balaban J connectivity index is 4.66. The average molecular weight is 245 g/mol. The minimum atomic E-state index is -0.917. The SMILES string of the molecule is CC(C)C(CC(=O)O)N(C)C(=O)OC(C)(C)C. The second kappa shape index (κ2) is 5.89. The van der Waals surface area contributed by atoms with Gasteiger partial charge in [-0.3, -0.25) is 4.79 Å². The summed E-state index contributed by atoms with van der Waals surface area (Å²) in [6.45, 7) is 9.10. The van der Waals surface area contributed by atoms with Gasteiger partial charge >= 0.3 is 12.1 Å². The van der Waals surface area contributed by atoms with E-state index in [0.29, 0.717) is 0 Å². The van der Waals surface area contributed by atoms with Crippen LogP contribution in [0.2, 0.25) is 0 Å². The first-order valence-electron chi connectivity index (χ1n) is 5.72. The average Bonchev–Trinajstić information content (AvgIpc) is 2.09. The van der Waals surface area contributed by atoms with Crippen LogP contribution in [0.25, 0.3) is 0 Å². The number of carboxylic acids is 1. The van der Waals surface area contributed by atoms with Gasteiger partial charge in [0.1, 0.15) is 5.60 Å². The van der Waals surface area contributed by atoms with Gasteiger partial charge < -0.3 is 14.7 Å². The highest BCUT2D eigenvalue weighted by atomic mass is 16.6. The molecular weight excluding hydrogens is 222 g/mol. The maximum atomic E-state index is 11.8. The first-order chi connectivity index (χ1) is 7.54. The Hall–Kier alpha value is -1.26. The first kappa shape index (κ1) is 15.7. The number of aliphatic carboxylic acids is 1. The molecule has 1 N–H and O–H groups in total. The van der Waals surface area contributed by atoms with Crippen LogP contribution in [0.15, 0.2) is 0 Å². The quantitative estimate of drug-likeness (QED) is 0.825. The topological polar surface area (TPSA) is 66.8 Å². The van der Waals surface area contributed by atoms with Gasteiger partial charge in [0.15, 0.2) is 0 Å². The monoisotopic (exact) mass is 245 g/mol. The van der Waals surface area contributed by atoms with E-state index in [2.05, 4.69) is 0 Å². The highest BCUT2D eigenvalue weighted by molar-refractivity contribution is 5.71. The van der Waals surface area contributed by atoms with Crippen molar-refractivity contribution in [1.29, 1.82) is 0 Å². The smallest absolute Gasteiger partial charge is 0.410 e. The van der Waals surface area contributed by atoms with Crippen LogP contribution in [0.5, 0.6) is 0 Å². The summed E-state index contributed by atoms with van der Waals surface area (Å²) in [6, 6.07) is -0.359. The van der Waals surface area contributed by atoms with Crippen molar-refractivity contribution in [3.8, 4) is 0 Å². The lowest BCUT2D eigenvalue weighted by Gasteiger charge is -2.32. The van der Waals surface area contributed by atoms with Crippen molar-refractivity contribution in [1.82, 2.24) is 4.90 Å². The van der Waals surface area contributed by atoms with Crippen LogP contribution in [-0.2, 0) is 9.53 Å². The molecule has 0 radical (unpaired) electrons. The molecule has 0 aliphatic carbocycles. The summed E-state index contributed by atoms with van der Waals surface area (Å²) >= 11 is 0. The summed E-state index contributed by atoms with van der Waals surface area (Å²) in [5, 5.41) is 8.82. The Morgan fingerprint density at radius 1 is 1.29 bits per heavy atom. The molecule has 0 saturated carbocycles. The molecule has 0 saturated heterocycles. The summed E-state index contributed by atoms with van der Waals surface area (Å²) in [7, 11) is 1.57. The lowest BCUT2D eigenvalue weighted by atomic mass is 10.00. The van der Waals surface area contributed by atoms with Gasteiger partial charge in [-0.05, 0) is 26.7 Å². The summed E-state index contributed by atoms with van der Waals surface area (Å²) in [4.78, 5) is 23.9. The Morgan fingerprint density at radius 2 is 1.76 bits per heavy atom. The highest BCUT2D eigenvalue weighted by Gasteiger charge is 2.28. The van der Waals surface area contributed by atoms with Crippen LogP contribution in [-0.4, -0.2) is 40.8 Å². The summed E-state index contributed by atoms with van der Waals surface area (Å²) in [6.07, 6.45) is -0.564. The summed E-state index contributed by atoms with van der Waals surface area (Å²) < 4.78 is 5.21. The Labute approximate surface area is 103 Å². The predicted molar refractivity (Wildman–Crippen MR) is 64.9 cm³/mol. The maximum Gasteiger partial charge on any atom is 0.410 e. The number of amides is 1. The zero-order valence-corrected chi connectivity index (χ0v) is 11.5. The van der Waals surface area contributed by atoms with Gasteiger partial charge in [-0.25, -0.2) is 4.79 Å². The van der Waals surface area contributed by atoms with Gasteiger partial charge in [-0.1, -0.05) is 13.8 Å². The van der Waals surface area contributed by atoms with Crippen LogP contribution in [0.4, 0.5) is 4.79 Å². The minimum absolute atomic E-state index is 0.0589. The zero-order chi connectivity index (χ0) is 13.8. The van der Waals surface area contributed by atoms with E-state index in [4.69, 9.17) is 9.84 Å². The van der Waals surface area contributed by atoms with Crippen molar-refractivity contribution < 1.29 is 19.4 Å². The van der Waals surface area contributed by atoms with Crippen molar-refractivity contribution in [2.75, 3.05) is 7.05 Å². The van der Waals surface area contributed by atoms with E-state index in [1.165, 1.54) is 4.90 Å². The van der Waals surface area contributed by atoms with Crippen molar-refractivity contribution in [2.24, 2.45) is 5.92 Å². The summed E-state index contributed by atoms with van der Waals surface area (Å²) in [5.74, 6) is -0.859. The minimum Gasteiger partial charge on any atom is -0.481 e. The van der Waals surface area contributed by atoms with Crippen LogP contribution in [0, 0.1) is 5.92 Å². The zero-order valence-electron chi connectivity index (χ0n) is 11.5. The van der Waals surface area contributed by atoms with Gasteiger partial charge in [0.05, 0.1) is 6.42 Å². The molecule has 1 amide bonds. The maximum absolute atomic E-state index is 11.8. The Bertz CT molecular complexity index is 281. The van der Waals surface area contributed by atoms with Crippen molar-refractivity contribution in [2.45, 2.75) is 52.7 Å². The predicted octanol–water partition coefficient (Wildman–Crippen LogP) is 2.35. The lowest BCUT2D eigenvalue weighted by molar-refractivity contribution is -0.138. The fraction of sp³-hybridized carbons (Fsp3) is 0.833. The van der Waals surface area contributed by atoms with E-state index in [9.17, 15) is 9.59 Å². The third-order valence-corrected chi connectivity index (χ3v) is 2.33. The molecule has 0 aromatic heterocycles. The molecule has 0 fully saturated rings. The number of nitrogens with zero attached hydrogens (tertiary/aromatic N) is 1. The molecule has 100 valence electrons. The van der Waals surface area contributed by atoms with Crippen molar-refractivity contribution in [3.05, 3.63) is 0 Å². The van der Waals surface area contributed by atoms with Crippen molar-refractivity contribution in [3.63, 3.8) is 0 Å². The van der Waals surface area contributed by atoms with E-state index in [1.54, 1.807) is 27.8 Å². The van der Waals surface area contributed by atoms with Gasteiger partial charge in [-0.15, -0.1) is 0 Å². The fourth-order valence-electron chi connectivity index (χ4n) is 1.47. The molecular formula is C12H23NO4. The Kier molecular flexibility index (Phi) is 5.45. The molecule has 0 aliphatic rings. The van der Waals surface area contributed by atoms with Crippen LogP contribution < -0.4 is 0 Å². The number of rotatable bonds is 4. The molecule has 0 aromatic rings.